The molecule has 22 heavy (non-hydrogen) atoms. The van der Waals surface area contributed by atoms with Crippen LogP contribution in [0.4, 0.5) is 0 Å². The Bertz CT molecular complexity index is 534. The number of rotatable bonds is 4. The average Bonchev–Trinajstić information content (AvgIpc) is 3.01. The van der Waals surface area contributed by atoms with Gasteiger partial charge in [-0.2, -0.15) is 0 Å². The van der Waals surface area contributed by atoms with E-state index in [1.54, 1.807) is 0 Å². The Balaban J connectivity index is 1.80. The van der Waals surface area contributed by atoms with Gasteiger partial charge < -0.3 is 0 Å². The van der Waals surface area contributed by atoms with Crippen molar-refractivity contribution in [3.8, 4) is 0 Å². The standard InChI is InChI=1S/C21H29N/c1-17(2)21(15-13-18-9-5-3-6-10-18)16-14-20(22-21)19-11-7-4-8-12-19/h3,5-6,9-10,13,15,17,19H,4,7-8,11-12,14,16H2,1-2H3/b15-13+/t21-/m0/s1. The van der Waals surface area contributed by atoms with Gasteiger partial charge in [0, 0.05) is 5.71 Å². The van der Waals surface area contributed by atoms with E-state index in [4.69, 9.17) is 4.99 Å². The van der Waals surface area contributed by atoms with E-state index in [-0.39, 0.29) is 5.54 Å². The van der Waals surface area contributed by atoms with E-state index >= 15 is 0 Å². The van der Waals surface area contributed by atoms with E-state index in [2.05, 4.69) is 56.3 Å². The molecule has 118 valence electrons. The molecular formula is C21H29N. The predicted molar refractivity (Wildman–Crippen MR) is 96.3 cm³/mol. The van der Waals surface area contributed by atoms with Crippen molar-refractivity contribution in [1.29, 1.82) is 0 Å². The molecule has 3 rings (SSSR count). The number of nitrogens with zero attached hydrogens (tertiary/aromatic N) is 1. The molecule has 1 aliphatic carbocycles. The van der Waals surface area contributed by atoms with Gasteiger partial charge in [0.25, 0.3) is 0 Å². The molecular weight excluding hydrogens is 266 g/mol. The zero-order valence-corrected chi connectivity index (χ0v) is 14.1. The van der Waals surface area contributed by atoms with Crippen molar-refractivity contribution in [2.45, 2.75) is 64.3 Å². The molecule has 1 fully saturated rings. The van der Waals surface area contributed by atoms with Crippen LogP contribution in [0.1, 0.15) is 64.4 Å². The van der Waals surface area contributed by atoms with Gasteiger partial charge in [-0.1, -0.05) is 75.6 Å². The summed E-state index contributed by atoms with van der Waals surface area (Å²) in [4.78, 5) is 5.29. The first kappa shape index (κ1) is 15.5. The van der Waals surface area contributed by atoms with Gasteiger partial charge in [0.1, 0.15) is 0 Å². The fraction of sp³-hybridized carbons (Fsp3) is 0.571. The van der Waals surface area contributed by atoms with E-state index in [1.165, 1.54) is 56.2 Å². The molecule has 1 aliphatic heterocycles. The van der Waals surface area contributed by atoms with Crippen LogP contribution in [-0.2, 0) is 0 Å². The maximum absolute atomic E-state index is 5.29. The number of hydrogen-bond acceptors (Lipinski definition) is 1. The molecule has 1 heteroatoms. The van der Waals surface area contributed by atoms with Gasteiger partial charge in [-0.25, -0.2) is 0 Å². The molecule has 0 N–H and O–H groups in total. The fourth-order valence-electron chi connectivity index (χ4n) is 3.97. The Morgan fingerprint density at radius 3 is 2.50 bits per heavy atom. The summed E-state index contributed by atoms with van der Waals surface area (Å²) in [5, 5.41) is 0. The SMILES string of the molecule is CC(C)[C@]1(/C=C/c2ccccc2)CCC(C2CCCCC2)=N1. The summed E-state index contributed by atoms with van der Waals surface area (Å²) in [6, 6.07) is 10.6. The predicted octanol–water partition coefficient (Wildman–Crippen LogP) is 5.91. The molecule has 0 saturated heterocycles. The van der Waals surface area contributed by atoms with Crippen LogP contribution in [0, 0.1) is 11.8 Å². The lowest BCUT2D eigenvalue weighted by Gasteiger charge is -2.27. The minimum Gasteiger partial charge on any atom is -0.283 e. The number of benzene rings is 1. The maximum Gasteiger partial charge on any atom is 0.0816 e. The van der Waals surface area contributed by atoms with Crippen LogP contribution in [0.15, 0.2) is 41.4 Å². The van der Waals surface area contributed by atoms with Crippen LogP contribution in [0.3, 0.4) is 0 Å². The molecule has 0 radical (unpaired) electrons. The van der Waals surface area contributed by atoms with Crippen molar-refractivity contribution in [3.63, 3.8) is 0 Å². The van der Waals surface area contributed by atoms with Crippen molar-refractivity contribution in [1.82, 2.24) is 0 Å². The molecule has 1 atom stereocenters. The lowest BCUT2D eigenvalue weighted by Crippen LogP contribution is -2.27. The van der Waals surface area contributed by atoms with Gasteiger partial charge in [0.05, 0.1) is 5.54 Å². The van der Waals surface area contributed by atoms with Gasteiger partial charge >= 0.3 is 0 Å². The average molecular weight is 295 g/mol. The second-order valence-corrected chi connectivity index (χ2v) is 7.33. The zero-order valence-electron chi connectivity index (χ0n) is 14.1. The van der Waals surface area contributed by atoms with Gasteiger partial charge in [-0.15, -0.1) is 0 Å². The molecule has 0 aromatic heterocycles. The lowest BCUT2D eigenvalue weighted by molar-refractivity contribution is 0.388. The Labute approximate surface area is 135 Å². The van der Waals surface area contributed by atoms with Crippen LogP contribution in [-0.4, -0.2) is 11.3 Å². The highest BCUT2D eigenvalue weighted by Gasteiger charge is 2.37. The summed E-state index contributed by atoms with van der Waals surface area (Å²) in [7, 11) is 0. The molecule has 0 bridgehead atoms. The second-order valence-electron chi connectivity index (χ2n) is 7.33. The Morgan fingerprint density at radius 1 is 1.09 bits per heavy atom. The molecule has 0 spiro atoms. The molecule has 2 aliphatic rings. The van der Waals surface area contributed by atoms with Gasteiger partial charge in [0.2, 0.25) is 0 Å². The summed E-state index contributed by atoms with van der Waals surface area (Å²) in [5.41, 5.74) is 2.83. The van der Waals surface area contributed by atoms with Crippen molar-refractivity contribution >= 4 is 11.8 Å². The highest BCUT2D eigenvalue weighted by atomic mass is 14.9. The summed E-state index contributed by atoms with van der Waals surface area (Å²) < 4.78 is 0. The zero-order chi connectivity index (χ0) is 15.4. The lowest BCUT2D eigenvalue weighted by atomic mass is 9.82. The van der Waals surface area contributed by atoms with Crippen molar-refractivity contribution in [2.24, 2.45) is 16.8 Å². The number of hydrogen-bond donors (Lipinski definition) is 0. The van der Waals surface area contributed by atoms with E-state index in [0.717, 1.165) is 5.92 Å². The van der Waals surface area contributed by atoms with Crippen LogP contribution < -0.4 is 0 Å². The quantitative estimate of drug-likeness (QED) is 0.654. The minimum absolute atomic E-state index is 0.0304. The Hall–Kier alpha value is -1.37. The van der Waals surface area contributed by atoms with E-state index in [9.17, 15) is 0 Å². The van der Waals surface area contributed by atoms with Crippen LogP contribution >= 0.6 is 0 Å². The van der Waals surface area contributed by atoms with Gasteiger partial charge in [-0.3, -0.25) is 4.99 Å². The van der Waals surface area contributed by atoms with Crippen molar-refractivity contribution < 1.29 is 0 Å². The molecule has 1 aromatic carbocycles. The summed E-state index contributed by atoms with van der Waals surface area (Å²) >= 11 is 0. The Morgan fingerprint density at radius 2 is 1.82 bits per heavy atom. The van der Waals surface area contributed by atoms with Crippen LogP contribution in [0.5, 0.6) is 0 Å². The highest BCUT2D eigenvalue weighted by molar-refractivity contribution is 5.89. The van der Waals surface area contributed by atoms with E-state index in [1.807, 2.05) is 0 Å². The monoisotopic (exact) mass is 295 g/mol. The molecule has 1 saturated carbocycles. The molecule has 1 nitrogen and oxygen atoms in total. The Kier molecular flexibility index (Phi) is 4.81. The summed E-state index contributed by atoms with van der Waals surface area (Å²) in [6.45, 7) is 4.64. The molecule has 0 amide bonds. The molecule has 1 heterocycles. The first-order chi connectivity index (χ1) is 10.7. The van der Waals surface area contributed by atoms with Gasteiger partial charge in [-0.05, 0) is 43.1 Å². The van der Waals surface area contributed by atoms with Gasteiger partial charge in [0.15, 0.2) is 0 Å². The third-order valence-corrected chi connectivity index (χ3v) is 5.57. The topological polar surface area (TPSA) is 12.4 Å². The second kappa shape index (κ2) is 6.81. The van der Waals surface area contributed by atoms with E-state index < -0.39 is 0 Å². The molecule has 0 unspecified atom stereocenters. The maximum atomic E-state index is 5.29. The van der Waals surface area contributed by atoms with Crippen molar-refractivity contribution in [3.05, 3.63) is 42.0 Å². The summed E-state index contributed by atoms with van der Waals surface area (Å²) in [5.74, 6) is 1.34. The van der Waals surface area contributed by atoms with E-state index in [0.29, 0.717) is 5.92 Å². The normalized spacial score (nSPS) is 26.8. The third kappa shape index (κ3) is 3.34. The fourth-order valence-corrected chi connectivity index (χ4v) is 3.97. The first-order valence-corrected chi connectivity index (χ1v) is 9.02. The van der Waals surface area contributed by atoms with Crippen LogP contribution in [0.2, 0.25) is 0 Å². The van der Waals surface area contributed by atoms with Crippen molar-refractivity contribution in [2.75, 3.05) is 0 Å². The largest absolute Gasteiger partial charge is 0.283 e. The summed E-state index contributed by atoms with van der Waals surface area (Å²) in [6.07, 6.45) is 14.0. The highest BCUT2D eigenvalue weighted by Crippen LogP contribution is 2.39. The first-order valence-electron chi connectivity index (χ1n) is 9.02. The smallest absolute Gasteiger partial charge is 0.0816 e. The third-order valence-electron chi connectivity index (χ3n) is 5.57. The van der Waals surface area contributed by atoms with Crippen LogP contribution in [0.25, 0.3) is 6.08 Å². The minimum atomic E-state index is 0.0304. The molecule has 1 aromatic rings. The number of aliphatic imine (C=N–C) groups is 1.